The summed E-state index contributed by atoms with van der Waals surface area (Å²) in [6, 6.07) is 5.91. The van der Waals surface area contributed by atoms with Crippen LogP contribution in [0.4, 0.5) is 0 Å². The van der Waals surface area contributed by atoms with Crippen molar-refractivity contribution in [2.24, 2.45) is 0 Å². The molecule has 0 bridgehead atoms. The highest BCUT2D eigenvalue weighted by Crippen LogP contribution is 2.18. The van der Waals surface area contributed by atoms with Crippen LogP contribution in [0, 0.1) is 0 Å². The maximum atomic E-state index is 11.9. The van der Waals surface area contributed by atoms with Crippen LogP contribution < -0.4 is 10.6 Å². The molecule has 0 unspecified atom stereocenters. The van der Waals surface area contributed by atoms with Crippen LogP contribution in [-0.2, 0) is 13.0 Å². The van der Waals surface area contributed by atoms with E-state index < -0.39 is 0 Å². The standard InChI is InChI=1S/C13H16N2O/c1-2-7-15-13(16)12-5-3-4-10-9-14-8-6-11(10)12/h2-5,14H,1,6-9H2,(H,15,16). The molecule has 84 valence electrons. The van der Waals surface area contributed by atoms with Crippen LogP contribution in [-0.4, -0.2) is 19.0 Å². The van der Waals surface area contributed by atoms with E-state index in [9.17, 15) is 4.79 Å². The SMILES string of the molecule is C=CCNC(=O)c1cccc2c1CCNC2. The topological polar surface area (TPSA) is 41.1 Å². The fraction of sp³-hybridized carbons (Fsp3) is 0.308. The maximum Gasteiger partial charge on any atom is 0.251 e. The Balaban J connectivity index is 2.26. The van der Waals surface area contributed by atoms with E-state index in [-0.39, 0.29) is 5.91 Å². The van der Waals surface area contributed by atoms with E-state index in [1.165, 1.54) is 11.1 Å². The lowest BCUT2D eigenvalue weighted by molar-refractivity contribution is 0.0957. The summed E-state index contributed by atoms with van der Waals surface area (Å²) in [6.45, 7) is 5.91. The monoisotopic (exact) mass is 216 g/mol. The van der Waals surface area contributed by atoms with Crippen molar-refractivity contribution in [1.82, 2.24) is 10.6 Å². The van der Waals surface area contributed by atoms with E-state index >= 15 is 0 Å². The van der Waals surface area contributed by atoms with Gasteiger partial charge in [-0.2, -0.15) is 0 Å². The van der Waals surface area contributed by atoms with Gasteiger partial charge in [-0.3, -0.25) is 4.79 Å². The normalized spacial score (nSPS) is 14.0. The molecule has 0 aliphatic carbocycles. The van der Waals surface area contributed by atoms with Crippen LogP contribution in [0.25, 0.3) is 0 Å². The zero-order chi connectivity index (χ0) is 11.4. The highest BCUT2D eigenvalue weighted by molar-refractivity contribution is 5.96. The number of nitrogens with one attached hydrogen (secondary N) is 2. The number of amides is 1. The van der Waals surface area contributed by atoms with Gasteiger partial charge in [-0.1, -0.05) is 18.2 Å². The first-order valence-corrected chi connectivity index (χ1v) is 5.53. The third kappa shape index (κ3) is 2.14. The van der Waals surface area contributed by atoms with Crippen molar-refractivity contribution in [3.63, 3.8) is 0 Å². The third-order valence-electron chi connectivity index (χ3n) is 2.79. The quantitative estimate of drug-likeness (QED) is 0.747. The Morgan fingerprint density at radius 3 is 3.25 bits per heavy atom. The van der Waals surface area contributed by atoms with Crippen molar-refractivity contribution < 1.29 is 4.79 Å². The van der Waals surface area contributed by atoms with Crippen LogP contribution in [0.2, 0.25) is 0 Å². The molecule has 2 N–H and O–H groups in total. The summed E-state index contributed by atoms with van der Waals surface area (Å²) in [5, 5.41) is 6.12. The van der Waals surface area contributed by atoms with Crippen LogP contribution >= 0.6 is 0 Å². The fourth-order valence-electron chi connectivity index (χ4n) is 2.00. The van der Waals surface area contributed by atoms with E-state index in [4.69, 9.17) is 0 Å². The van der Waals surface area contributed by atoms with Crippen molar-refractivity contribution in [1.29, 1.82) is 0 Å². The van der Waals surface area contributed by atoms with Crippen molar-refractivity contribution in [2.75, 3.05) is 13.1 Å². The van der Waals surface area contributed by atoms with Gasteiger partial charge in [0.25, 0.3) is 5.91 Å². The largest absolute Gasteiger partial charge is 0.349 e. The molecule has 3 heteroatoms. The Hall–Kier alpha value is -1.61. The van der Waals surface area contributed by atoms with Gasteiger partial charge in [-0.25, -0.2) is 0 Å². The molecule has 1 heterocycles. The molecule has 1 aromatic carbocycles. The first kappa shape index (κ1) is 10.9. The number of carbonyl (C=O) groups is 1. The first-order chi connectivity index (χ1) is 7.83. The molecule has 0 spiro atoms. The minimum absolute atomic E-state index is 0.00125. The lowest BCUT2D eigenvalue weighted by Crippen LogP contribution is -2.29. The number of fused-ring (bicyclic) bond motifs is 1. The second-order valence-corrected chi connectivity index (χ2v) is 3.87. The van der Waals surface area contributed by atoms with Crippen molar-refractivity contribution in [2.45, 2.75) is 13.0 Å². The molecule has 1 aromatic rings. The van der Waals surface area contributed by atoms with E-state index in [0.717, 1.165) is 25.1 Å². The molecule has 0 fully saturated rings. The predicted molar refractivity (Wildman–Crippen MR) is 64.4 cm³/mol. The van der Waals surface area contributed by atoms with Gasteiger partial charge < -0.3 is 10.6 Å². The van der Waals surface area contributed by atoms with Crippen molar-refractivity contribution in [3.8, 4) is 0 Å². The van der Waals surface area contributed by atoms with Crippen molar-refractivity contribution >= 4 is 5.91 Å². The first-order valence-electron chi connectivity index (χ1n) is 5.53. The summed E-state index contributed by atoms with van der Waals surface area (Å²) in [5.41, 5.74) is 3.22. The number of hydrogen-bond acceptors (Lipinski definition) is 2. The molecule has 1 aliphatic rings. The molecule has 1 aliphatic heterocycles. The molecule has 1 amide bonds. The lowest BCUT2D eigenvalue weighted by atomic mass is 9.95. The number of carbonyl (C=O) groups excluding carboxylic acids is 1. The zero-order valence-corrected chi connectivity index (χ0v) is 9.25. The molecule has 0 aromatic heterocycles. The number of hydrogen-bond donors (Lipinski definition) is 2. The lowest BCUT2D eigenvalue weighted by Gasteiger charge is -2.19. The Kier molecular flexibility index (Phi) is 3.37. The smallest absolute Gasteiger partial charge is 0.251 e. The van der Waals surface area contributed by atoms with Gasteiger partial charge in [-0.05, 0) is 30.2 Å². The van der Waals surface area contributed by atoms with Gasteiger partial charge in [0.15, 0.2) is 0 Å². The molecule has 2 rings (SSSR count). The van der Waals surface area contributed by atoms with Gasteiger partial charge in [0.2, 0.25) is 0 Å². The second-order valence-electron chi connectivity index (χ2n) is 3.87. The third-order valence-corrected chi connectivity index (χ3v) is 2.79. The molecular weight excluding hydrogens is 200 g/mol. The van der Waals surface area contributed by atoms with Gasteiger partial charge in [0.1, 0.15) is 0 Å². The molecular formula is C13H16N2O. The van der Waals surface area contributed by atoms with Gasteiger partial charge in [0, 0.05) is 18.7 Å². The Labute approximate surface area is 95.6 Å². The molecule has 3 nitrogen and oxygen atoms in total. The summed E-state index contributed by atoms with van der Waals surface area (Å²) in [4.78, 5) is 11.9. The number of benzene rings is 1. The van der Waals surface area contributed by atoms with E-state index in [2.05, 4.69) is 23.3 Å². The van der Waals surface area contributed by atoms with Gasteiger partial charge in [-0.15, -0.1) is 6.58 Å². The van der Waals surface area contributed by atoms with Crippen molar-refractivity contribution in [3.05, 3.63) is 47.5 Å². The Morgan fingerprint density at radius 2 is 2.44 bits per heavy atom. The molecule has 0 atom stereocenters. The fourth-order valence-corrected chi connectivity index (χ4v) is 2.00. The maximum absolute atomic E-state index is 11.9. The molecule has 0 saturated carbocycles. The summed E-state index contributed by atoms with van der Waals surface area (Å²) < 4.78 is 0. The van der Waals surface area contributed by atoms with E-state index in [1.807, 2.05) is 12.1 Å². The second kappa shape index (κ2) is 4.94. The van der Waals surface area contributed by atoms with Crippen LogP contribution in [0.5, 0.6) is 0 Å². The van der Waals surface area contributed by atoms with Gasteiger partial charge >= 0.3 is 0 Å². The molecule has 0 saturated heterocycles. The minimum Gasteiger partial charge on any atom is -0.349 e. The van der Waals surface area contributed by atoms with Crippen LogP contribution in [0.15, 0.2) is 30.9 Å². The Bertz CT molecular complexity index is 412. The summed E-state index contributed by atoms with van der Waals surface area (Å²) >= 11 is 0. The number of rotatable bonds is 3. The van der Waals surface area contributed by atoms with Crippen LogP contribution in [0.1, 0.15) is 21.5 Å². The predicted octanol–water partition coefficient (Wildman–Crippen LogP) is 1.25. The highest BCUT2D eigenvalue weighted by atomic mass is 16.1. The average molecular weight is 216 g/mol. The molecule has 0 radical (unpaired) electrons. The summed E-state index contributed by atoms with van der Waals surface area (Å²) in [6.07, 6.45) is 2.61. The average Bonchev–Trinajstić information content (AvgIpc) is 2.35. The highest BCUT2D eigenvalue weighted by Gasteiger charge is 2.16. The summed E-state index contributed by atoms with van der Waals surface area (Å²) in [5.74, 6) is -0.00125. The van der Waals surface area contributed by atoms with Crippen LogP contribution in [0.3, 0.4) is 0 Å². The zero-order valence-electron chi connectivity index (χ0n) is 9.25. The minimum atomic E-state index is -0.00125. The van der Waals surface area contributed by atoms with E-state index in [1.54, 1.807) is 6.08 Å². The van der Waals surface area contributed by atoms with Gasteiger partial charge in [0.05, 0.1) is 0 Å². The Morgan fingerprint density at radius 1 is 1.56 bits per heavy atom. The molecule has 16 heavy (non-hydrogen) atoms. The summed E-state index contributed by atoms with van der Waals surface area (Å²) in [7, 11) is 0. The van der Waals surface area contributed by atoms with E-state index in [0.29, 0.717) is 6.54 Å².